The van der Waals surface area contributed by atoms with Crippen LogP contribution in [0.3, 0.4) is 0 Å². The summed E-state index contributed by atoms with van der Waals surface area (Å²) in [6.07, 6.45) is 4.74. The summed E-state index contributed by atoms with van der Waals surface area (Å²) in [5.41, 5.74) is 3.37. The van der Waals surface area contributed by atoms with Crippen LogP contribution in [0.1, 0.15) is 46.8 Å². The molecule has 3 amide bonds. The zero-order valence-electron chi connectivity index (χ0n) is 14.1. The second kappa shape index (κ2) is 6.20. The van der Waals surface area contributed by atoms with Crippen molar-refractivity contribution in [3.8, 4) is 0 Å². The molecule has 0 saturated carbocycles. The number of hydrogen-bond acceptors (Lipinski definition) is 3. The molecule has 25 heavy (non-hydrogen) atoms. The van der Waals surface area contributed by atoms with E-state index in [2.05, 4.69) is 15.6 Å². The number of nitrogens with zero attached hydrogens (tertiary/aromatic N) is 2. The van der Waals surface area contributed by atoms with Crippen LogP contribution in [0.15, 0.2) is 36.5 Å². The molecule has 1 saturated heterocycles. The number of pyridine rings is 1. The smallest absolute Gasteiger partial charge is 0.324 e. The second-order valence-electron chi connectivity index (χ2n) is 6.57. The van der Waals surface area contributed by atoms with Crippen LogP contribution in [0.5, 0.6) is 0 Å². The number of piperidine rings is 1. The highest BCUT2D eigenvalue weighted by Crippen LogP contribution is 2.43. The summed E-state index contributed by atoms with van der Waals surface area (Å²) < 4.78 is 0. The van der Waals surface area contributed by atoms with Crippen LogP contribution in [0.25, 0.3) is 0 Å². The Bertz CT molecular complexity index is 849. The number of nitrogens with one attached hydrogen (secondary N) is 2. The van der Waals surface area contributed by atoms with Gasteiger partial charge in [-0.25, -0.2) is 9.78 Å². The molecule has 1 unspecified atom stereocenters. The average molecular weight is 336 g/mol. The van der Waals surface area contributed by atoms with Gasteiger partial charge in [-0.2, -0.15) is 0 Å². The molecule has 2 N–H and O–H groups in total. The van der Waals surface area contributed by atoms with Crippen LogP contribution in [0.4, 0.5) is 16.3 Å². The molecule has 3 heterocycles. The zero-order chi connectivity index (χ0) is 17.4. The maximum atomic E-state index is 12.6. The Kier molecular flexibility index (Phi) is 3.87. The molecule has 1 fully saturated rings. The highest BCUT2D eigenvalue weighted by Gasteiger charge is 2.39. The summed E-state index contributed by atoms with van der Waals surface area (Å²) >= 11 is 0. The maximum Gasteiger partial charge on any atom is 0.324 e. The third-order valence-corrected chi connectivity index (χ3v) is 4.84. The zero-order valence-corrected chi connectivity index (χ0v) is 14.1. The van der Waals surface area contributed by atoms with Gasteiger partial charge in [-0.3, -0.25) is 10.1 Å². The number of hydrogen-bond donors (Lipinski definition) is 2. The predicted molar refractivity (Wildman–Crippen MR) is 95.7 cm³/mol. The van der Waals surface area contributed by atoms with Crippen LogP contribution in [-0.4, -0.2) is 28.4 Å². The van der Waals surface area contributed by atoms with Gasteiger partial charge in [0.2, 0.25) is 0 Å². The van der Waals surface area contributed by atoms with Crippen LogP contribution >= 0.6 is 0 Å². The van der Waals surface area contributed by atoms with Crippen molar-refractivity contribution in [3.05, 3.63) is 53.2 Å². The number of carbonyl (C=O) groups excluding carboxylic acids is 2. The third-order valence-electron chi connectivity index (χ3n) is 4.84. The number of rotatable bonds is 2. The Morgan fingerprint density at radius 3 is 2.96 bits per heavy atom. The average Bonchev–Trinajstić information content (AvgIpc) is 2.89. The minimum Gasteiger partial charge on any atom is -0.331 e. The summed E-state index contributed by atoms with van der Waals surface area (Å²) in [5, 5.41) is 5.64. The van der Waals surface area contributed by atoms with E-state index in [-0.39, 0.29) is 18.0 Å². The number of carbonyl (C=O) groups is 2. The van der Waals surface area contributed by atoms with Crippen molar-refractivity contribution >= 4 is 23.4 Å². The van der Waals surface area contributed by atoms with Gasteiger partial charge in [-0.15, -0.1) is 0 Å². The van der Waals surface area contributed by atoms with Crippen LogP contribution in [0, 0.1) is 6.92 Å². The molecule has 0 radical (unpaired) electrons. The molecular formula is C19H20N4O2. The summed E-state index contributed by atoms with van der Waals surface area (Å²) in [7, 11) is 0. The summed E-state index contributed by atoms with van der Waals surface area (Å²) in [6, 6.07) is 8.92. The van der Waals surface area contributed by atoms with E-state index in [1.807, 2.05) is 36.1 Å². The molecular weight excluding hydrogens is 316 g/mol. The molecule has 1 atom stereocenters. The van der Waals surface area contributed by atoms with Gasteiger partial charge in [-0.1, -0.05) is 6.07 Å². The highest BCUT2D eigenvalue weighted by atomic mass is 16.2. The maximum absolute atomic E-state index is 12.6. The third kappa shape index (κ3) is 2.84. The minimum atomic E-state index is -0.354. The summed E-state index contributed by atoms with van der Waals surface area (Å²) in [4.78, 5) is 31.0. The first-order valence-electron chi connectivity index (χ1n) is 8.58. The standard InChI is InChI=1S/C19H20N4O2/c1-12-8-9-20-16(11-12)22-19(25)21-14-6-4-5-13-17(14)15-7-2-3-10-23(15)18(13)24/h4-6,8-9,11,15H,2-3,7,10H2,1H3,(H2,20,21,22,25). The van der Waals surface area contributed by atoms with Crippen LogP contribution in [0.2, 0.25) is 0 Å². The Balaban J connectivity index is 1.58. The first kappa shape index (κ1) is 15.6. The first-order valence-corrected chi connectivity index (χ1v) is 8.58. The fraction of sp³-hybridized carbons (Fsp3) is 0.316. The van der Waals surface area contributed by atoms with Gasteiger partial charge in [0.05, 0.1) is 6.04 Å². The van der Waals surface area contributed by atoms with Crippen molar-refractivity contribution in [2.75, 3.05) is 17.2 Å². The molecule has 6 nitrogen and oxygen atoms in total. The highest BCUT2D eigenvalue weighted by molar-refractivity contribution is 6.04. The first-order chi connectivity index (χ1) is 12.1. The van der Waals surface area contributed by atoms with E-state index in [4.69, 9.17) is 0 Å². The van der Waals surface area contributed by atoms with E-state index >= 15 is 0 Å². The van der Waals surface area contributed by atoms with Gasteiger partial charge in [0.15, 0.2) is 0 Å². The van der Waals surface area contributed by atoms with E-state index in [9.17, 15) is 9.59 Å². The number of urea groups is 1. The molecule has 0 aliphatic carbocycles. The van der Waals surface area contributed by atoms with Crippen molar-refractivity contribution < 1.29 is 9.59 Å². The molecule has 2 aliphatic heterocycles. The van der Waals surface area contributed by atoms with Crippen molar-refractivity contribution in [1.29, 1.82) is 0 Å². The Morgan fingerprint density at radius 2 is 2.12 bits per heavy atom. The van der Waals surface area contributed by atoms with Gasteiger partial charge in [0.1, 0.15) is 5.82 Å². The molecule has 6 heteroatoms. The van der Waals surface area contributed by atoms with E-state index < -0.39 is 0 Å². The molecule has 4 rings (SSSR count). The fourth-order valence-electron chi connectivity index (χ4n) is 3.72. The Labute approximate surface area is 146 Å². The second-order valence-corrected chi connectivity index (χ2v) is 6.57. The van der Waals surface area contributed by atoms with E-state index in [0.717, 1.165) is 36.9 Å². The van der Waals surface area contributed by atoms with E-state index in [1.54, 1.807) is 12.3 Å². The fourth-order valence-corrected chi connectivity index (χ4v) is 3.72. The van der Waals surface area contributed by atoms with Gasteiger partial charge in [-0.05, 0) is 56.0 Å². The van der Waals surface area contributed by atoms with Crippen LogP contribution in [-0.2, 0) is 0 Å². The van der Waals surface area contributed by atoms with Crippen molar-refractivity contribution in [2.24, 2.45) is 0 Å². The van der Waals surface area contributed by atoms with Gasteiger partial charge < -0.3 is 10.2 Å². The van der Waals surface area contributed by atoms with Gasteiger partial charge in [0, 0.05) is 29.6 Å². The number of aromatic nitrogens is 1. The largest absolute Gasteiger partial charge is 0.331 e. The van der Waals surface area contributed by atoms with E-state index in [0.29, 0.717) is 17.1 Å². The topological polar surface area (TPSA) is 74.3 Å². The number of aryl methyl sites for hydroxylation is 1. The molecule has 0 bridgehead atoms. The normalized spacial score (nSPS) is 18.5. The van der Waals surface area contributed by atoms with Crippen LogP contribution < -0.4 is 10.6 Å². The van der Waals surface area contributed by atoms with Gasteiger partial charge in [0.25, 0.3) is 5.91 Å². The summed E-state index contributed by atoms with van der Waals surface area (Å²) in [5.74, 6) is 0.574. The summed E-state index contributed by atoms with van der Waals surface area (Å²) in [6.45, 7) is 2.73. The molecule has 128 valence electrons. The lowest BCUT2D eigenvalue weighted by molar-refractivity contribution is 0.0672. The van der Waals surface area contributed by atoms with Crippen molar-refractivity contribution in [1.82, 2.24) is 9.88 Å². The molecule has 1 aromatic heterocycles. The number of amides is 3. The molecule has 2 aromatic rings. The molecule has 1 aromatic carbocycles. The Hall–Kier alpha value is -2.89. The van der Waals surface area contributed by atoms with Gasteiger partial charge >= 0.3 is 6.03 Å². The number of fused-ring (bicyclic) bond motifs is 3. The Morgan fingerprint density at radius 1 is 1.24 bits per heavy atom. The van der Waals surface area contributed by atoms with Crippen molar-refractivity contribution in [2.45, 2.75) is 32.2 Å². The number of benzene rings is 1. The number of anilines is 2. The van der Waals surface area contributed by atoms with Crippen molar-refractivity contribution in [3.63, 3.8) is 0 Å². The lowest BCUT2D eigenvalue weighted by Gasteiger charge is -2.30. The SMILES string of the molecule is Cc1ccnc(NC(=O)Nc2cccc3c2C2CCCCN2C3=O)c1. The quantitative estimate of drug-likeness (QED) is 0.878. The lowest BCUT2D eigenvalue weighted by Crippen LogP contribution is -2.32. The molecule has 0 spiro atoms. The minimum absolute atomic E-state index is 0.0732. The van der Waals surface area contributed by atoms with E-state index in [1.165, 1.54) is 0 Å². The molecule has 2 aliphatic rings. The lowest BCUT2D eigenvalue weighted by atomic mass is 9.96. The monoisotopic (exact) mass is 336 g/mol. The predicted octanol–water partition coefficient (Wildman–Crippen LogP) is 3.71.